The van der Waals surface area contributed by atoms with Crippen molar-refractivity contribution in [2.45, 2.75) is 26.3 Å². The molecule has 3 nitrogen and oxygen atoms in total. The molecule has 90 valence electrons. The van der Waals surface area contributed by atoms with Gasteiger partial charge in [0.2, 0.25) is 0 Å². The van der Waals surface area contributed by atoms with Crippen molar-refractivity contribution in [1.82, 2.24) is 15.3 Å². The minimum absolute atomic E-state index is 0.217. The standard InChI is InChI=1S/C13H17N3S/c1-3-4-16-13(12-8-15-9-17-12)11-5-10(2)6-14-7-11/h5-9,13,16H,3-4H2,1-2H3. The molecule has 2 aromatic heterocycles. The van der Waals surface area contributed by atoms with Crippen LogP contribution in [-0.2, 0) is 0 Å². The molecule has 0 amide bonds. The van der Waals surface area contributed by atoms with Crippen LogP contribution >= 0.6 is 11.3 Å². The van der Waals surface area contributed by atoms with E-state index in [1.165, 1.54) is 16.0 Å². The first-order chi connectivity index (χ1) is 8.31. The van der Waals surface area contributed by atoms with Crippen molar-refractivity contribution in [3.63, 3.8) is 0 Å². The summed E-state index contributed by atoms with van der Waals surface area (Å²) in [4.78, 5) is 9.67. The van der Waals surface area contributed by atoms with E-state index in [0.717, 1.165) is 13.0 Å². The molecular formula is C13H17N3S. The second-order valence-corrected chi connectivity index (χ2v) is 5.00. The molecule has 0 aromatic carbocycles. The summed E-state index contributed by atoms with van der Waals surface area (Å²) in [6, 6.07) is 2.40. The molecule has 0 saturated carbocycles. The Bertz CT molecular complexity index is 453. The number of nitrogens with zero attached hydrogens (tertiary/aromatic N) is 2. The minimum atomic E-state index is 0.217. The molecule has 17 heavy (non-hydrogen) atoms. The van der Waals surface area contributed by atoms with Gasteiger partial charge in [0.15, 0.2) is 0 Å². The average molecular weight is 247 g/mol. The van der Waals surface area contributed by atoms with Crippen LogP contribution in [0.5, 0.6) is 0 Å². The lowest BCUT2D eigenvalue weighted by molar-refractivity contribution is 0.603. The summed E-state index contributed by atoms with van der Waals surface area (Å²) in [5, 5.41) is 3.55. The molecular weight excluding hydrogens is 230 g/mol. The molecule has 0 saturated heterocycles. The predicted octanol–water partition coefficient (Wildman–Crippen LogP) is 2.94. The van der Waals surface area contributed by atoms with E-state index in [0.29, 0.717) is 0 Å². The van der Waals surface area contributed by atoms with Crippen LogP contribution in [0.1, 0.15) is 35.4 Å². The molecule has 0 bridgehead atoms. The molecule has 2 aromatic rings. The van der Waals surface area contributed by atoms with Gasteiger partial charge < -0.3 is 5.32 Å². The van der Waals surface area contributed by atoms with Gasteiger partial charge in [-0.3, -0.25) is 9.97 Å². The molecule has 1 unspecified atom stereocenters. The molecule has 0 spiro atoms. The summed E-state index contributed by atoms with van der Waals surface area (Å²) in [5.74, 6) is 0. The normalized spacial score (nSPS) is 12.6. The number of nitrogens with one attached hydrogen (secondary N) is 1. The first kappa shape index (κ1) is 12.2. The highest BCUT2D eigenvalue weighted by molar-refractivity contribution is 7.09. The Morgan fingerprint density at radius 1 is 1.29 bits per heavy atom. The minimum Gasteiger partial charge on any atom is -0.306 e. The van der Waals surface area contributed by atoms with E-state index in [-0.39, 0.29) is 6.04 Å². The maximum absolute atomic E-state index is 4.27. The summed E-state index contributed by atoms with van der Waals surface area (Å²) >= 11 is 1.68. The monoisotopic (exact) mass is 247 g/mol. The second kappa shape index (κ2) is 5.89. The number of hydrogen-bond donors (Lipinski definition) is 1. The van der Waals surface area contributed by atoms with Gasteiger partial charge in [0.05, 0.1) is 11.6 Å². The Kier molecular flexibility index (Phi) is 4.23. The average Bonchev–Trinajstić information content (AvgIpc) is 2.83. The van der Waals surface area contributed by atoms with Crippen LogP contribution in [0, 0.1) is 6.92 Å². The van der Waals surface area contributed by atoms with Crippen LogP contribution in [0.25, 0.3) is 0 Å². The van der Waals surface area contributed by atoms with Crippen molar-refractivity contribution in [3.8, 4) is 0 Å². The Morgan fingerprint density at radius 3 is 2.82 bits per heavy atom. The van der Waals surface area contributed by atoms with Crippen LogP contribution in [0.3, 0.4) is 0 Å². The molecule has 2 heterocycles. The molecule has 1 N–H and O–H groups in total. The van der Waals surface area contributed by atoms with Crippen LogP contribution in [0.4, 0.5) is 0 Å². The van der Waals surface area contributed by atoms with Gasteiger partial charge in [-0.1, -0.05) is 13.0 Å². The van der Waals surface area contributed by atoms with Crippen molar-refractivity contribution < 1.29 is 0 Å². The lowest BCUT2D eigenvalue weighted by atomic mass is 10.1. The zero-order valence-electron chi connectivity index (χ0n) is 10.2. The Balaban J connectivity index is 2.27. The number of thiazole rings is 1. The highest BCUT2D eigenvalue weighted by Crippen LogP contribution is 2.24. The molecule has 0 aliphatic carbocycles. The maximum atomic E-state index is 4.27. The Labute approximate surface area is 106 Å². The first-order valence-corrected chi connectivity index (χ1v) is 6.72. The second-order valence-electron chi connectivity index (χ2n) is 4.09. The van der Waals surface area contributed by atoms with Gasteiger partial charge in [-0.15, -0.1) is 11.3 Å². The number of hydrogen-bond acceptors (Lipinski definition) is 4. The van der Waals surface area contributed by atoms with E-state index in [1.807, 2.05) is 24.1 Å². The van der Waals surface area contributed by atoms with Crippen LogP contribution in [0.15, 0.2) is 30.2 Å². The molecule has 0 aliphatic heterocycles. The van der Waals surface area contributed by atoms with E-state index in [2.05, 4.69) is 35.2 Å². The molecule has 1 atom stereocenters. The van der Waals surface area contributed by atoms with E-state index >= 15 is 0 Å². The van der Waals surface area contributed by atoms with Gasteiger partial charge >= 0.3 is 0 Å². The number of rotatable bonds is 5. The van der Waals surface area contributed by atoms with Crippen molar-refractivity contribution in [2.24, 2.45) is 0 Å². The molecule has 4 heteroatoms. The Hall–Kier alpha value is -1.26. The molecule has 0 radical (unpaired) electrons. The molecule has 2 rings (SSSR count). The van der Waals surface area contributed by atoms with Gasteiger partial charge in [0.1, 0.15) is 0 Å². The largest absolute Gasteiger partial charge is 0.306 e. The van der Waals surface area contributed by atoms with E-state index in [4.69, 9.17) is 0 Å². The van der Waals surface area contributed by atoms with Crippen LogP contribution in [0.2, 0.25) is 0 Å². The highest BCUT2D eigenvalue weighted by atomic mass is 32.1. The SMILES string of the molecule is CCCNC(c1cncc(C)c1)c1cncs1. The fourth-order valence-corrected chi connectivity index (χ4v) is 2.50. The van der Waals surface area contributed by atoms with Gasteiger partial charge in [-0.25, -0.2) is 0 Å². The third kappa shape index (κ3) is 3.11. The summed E-state index contributed by atoms with van der Waals surface area (Å²) in [5.41, 5.74) is 4.28. The third-order valence-electron chi connectivity index (χ3n) is 2.56. The zero-order valence-corrected chi connectivity index (χ0v) is 11.0. The third-order valence-corrected chi connectivity index (χ3v) is 3.40. The van der Waals surface area contributed by atoms with Crippen molar-refractivity contribution in [3.05, 3.63) is 46.2 Å². The smallest absolute Gasteiger partial charge is 0.0794 e. The summed E-state index contributed by atoms with van der Waals surface area (Å²) < 4.78 is 0. The van der Waals surface area contributed by atoms with Crippen molar-refractivity contribution in [2.75, 3.05) is 6.54 Å². The highest BCUT2D eigenvalue weighted by Gasteiger charge is 2.15. The fourth-order valence-electron chi connectivity index (χ4n) is 1.78. The fraction of sp³-hybridized carbons (Fsp3) is 0.385. The van der Waals surface area contributed by atoms with Gasteiger partial charge in [-0.2, -0.15) is 0 Å². The summed E-state index contributed by atoms with van der Waals surface area (Å²) in [6.45, 7) is 5.24. The topological polar surface area (TPSA) is 37.8 Å². The van der Waals surface area contributed by atoms with Crippen molar-refractivity contribution >= 4 is 11.3 Å². The van der Waals surface area contributed by atoms with E-state index in [1.54, 1.807) is 11.3 Å². The quantitative estimate of drug-likeness (QED) is 0.882. The van der Waals surface area contributed by atoms with Crippen LogP contribution in [-0.4, -0.2) is 16.5 Å². The van der Waals surface area contributed by atoms with Crippen molar-refractivity contribution in [1.29, 1.82) is 0 Å². The van der Waals surface area contributed by atoms with Gasteiger partial charge in [0, 0.05) is 23.5 Å². The zero-order chi connectivity index (χ0) is 12.1. The Morgan fingerprint density at radius 2 is 2.18 bits per heavy atom. The summed E-state index contributed by atoms with van der Waals surface area (Å²) in [6.07, 6.45) is 6.86. The van der Waals surface area contributed by atoms with Gasteiger partial charge in [0.25, 0.3) is 0 Å². The lowest BCUT2D eigenvalue weighted by Crippen LogP contribution is -2.22. The summed E-state index contributed by atoms with van der Waals surface area (Å²) in [7, 11) is 0. The molecule has 0 aliphatic rings. The van der Waals surface area contributed by atoms with Crippen LogP contribution < -0.4 is 5.32 Å². The van der Waals surface area contributed by atoms with E-state index < -0.39 is 0 Å². The number of pyridine rings is 1. The first-order valence-electron chi connectivity index (χ1n) is 5.84. The predicted molar refractivity (Wildman–Crippen MR) is 71.2 cm³/mol. The maximum Gasteiger partial charge on any atom is 0.0794 e. The number of aryl methyl sites for hydroxylation is 1. The molecule has 0 fully saturated rings. The number of aromatic nitrogens is 2. The van der Waals surface area contributed by atoms with Gasteiger partial charge in [-0.05, 0) is 31.0 Å². The lowest BCUT2D eigenvalue weighted by Gasteiger charge is -2.17. The van der Waals surface area contributed by atoms with E-state index in [9.17, 15) is 0 Å².